The second-order valence-electron chi connectivity index (χ2n) is 4.81. The van der Waals surface area contributed by atoms with Crippen LogP contribution in [-0.4, -0.2) is 23.5 Å². The lowest BCUT2D eigenvalue weighted by atomic mass is 10.0. The molecule has 0 saturated carbocycles. The third-order valence-electron chi connectivity index (χ3n) is 3.29. The van der Waals surface area contributed by atoms with Gasteiger partial charge in [0.05, 0.1) is 0 Å². The monoisotopic (exact) mass is 285 g/mol. The van der Waals surface area contributed by atoms with Gasteiger partial charge in [-0.15, -0.1) is 11.8 Å². The lowest BCUT2D eigenvalue weighted by molar-refractivity contribution is 0.261. The third-order valence-corrected chi connectivity index (χ3v) is 4.70. The largest absolute Gasteiger partial charge is 0.396 e. The highest BCUT2D eigenvalue weighted by atomic mass is 35.5. The molecule has 100 valence electrons. The van der Waals surface area contributed by atoms with Crippen molar-refractivity contribution < 1.29 is 5.11 Å². The molecule has 0 bridgehead atoms. The Kier molecular flexibility index (Phi) is 5.37. The Hall–Kier alpha value is -0.220. The van der Waals surface area contributed by atoms with Gasteiger partial charge in [0.25, 0.3) is 0 Å². The van der Waals surface area contributed by atoms with Gasteiger partial charge in [-0.05, 0) is 55.7 Å². The van der Waals surface area contributed by atoms with Crippen LogP contribution in [0.1, 0.15) is 37.8 Å². The molecule has 0 aromatic heterocycles. The molecule has 2 nitrogen and oxygen atoms in total. The summed E-state index contributed by atoms with van der Waals surface area (Å²) in [5, 5.41) is 13.4. The third kappa shape index (κ3) is 3.64. The quantitative estimate of drug-likeness (QED) is 0.886. The minimum absolute atomic E-state index is 0.234. The summed E-state index contributed by atoms with van der Waals surface area (Å²) in [5.74, 6) is 1.17. The predicted octanol–water partition coefficient (Wildman–Crippen LogP) is 3.63. The van der Waals surface area contributed by atoms with E-state index < -0.39 is 0 Å². The van der Waals surface area contributed by atoms with Crippen molar-refractivity contribution in [2.45, 2.75) is 43.2 Å². The summed E-state index contributed by atoms with van der Waals surface area (Å²) in [7, 11) is 0. The van der Waals surface area contributed by atoms with Crippen LogP contribution in [0.2, 0.25) is 5.02 Å². The minimum atomic E-state index is 0.234. The van der Waals surface area contributed by atoms with Crippen molar-refractivity contribution in [3.63, 3.8) is 0 Å². The maximum atomic E-state index is 9.00. The van der Waals surface area contributed by atoms with Gasteiger partial charge in [-0.1, -0.05) is 11.6 Å². The van der Waals surface area contributed by atoms with Gasteiger partial charge < -0.3 is 10.4 Å². The summed E-state index contributed by atoms with van der Waals surface area (Å²) in [6.07, 6.45) is 3.14. The topological polar surface area (TPSA) is 32.3 Å². The lowest BCUT2D eigenvalue weighted by Crippen LogP contribution is -2.31. The van der Waals surface area contributed by atoms with E-state index in [9.17, 15) is 0 Å². The van der Waals surface area contributed by atoms with E-state index in [1.165, 1.54) is 22.6 Å². The van der Waals surface area contributed by atoms with Gasteiger partial charge in [-0.25, -0.2) is 0 Å². The van der Waals surface area contributed by atoms with E-state index in [4.69, 9.17) is 16.7 Å². The van der Waals surface area contributed by atoms with Gasteiger partial charge in [0.15, 0.2) is 0 Å². The Bertz CT molecular complexity index is 399. The van der Waals surface area contributed by atoms with Crippen molar-refractivity contribution in [3.8, 4) is 0 Å². The molecular formula is C14H20ClNOS. The standard InChI is InChI=1S/C14H20ClNOS/c1-10(6-7-17)16-13-3-2-8-18-14-5-4-11(15)9-12(13)14/h4-5,9-10,13,16-17H,2-3,6-8H2,1H3/t10-,13?/m1/s1. The fourth-order valence-electron chi connectivity index (χ4n) is 2.34. The van der Waals surface area contributed by atoms with Gasteiger partial charge in [0, 0.05) is 28.6 Å². The molecule has 0 saturated heterocycles. The highest BCUT2D eigenvalue weighted by molar-refractivity contribution is 7.99. The van der Waals surface area contributed by atoms with Crippen LogP contribution >= 0.6 is 23.4 Å². The van der Waals surface area contributed by atoms with Crippen LogP contribution in [-0.2, 0) is 0 Å². The number of hydrogen-bond acceptors (Lipinski definition) is 3. The molecule has 18 heavy (non-hydrogen) atoms. The second-order valence-corrected chi connectivity index (χ2v) is 6.38. The first kappa shape index (κ1) is 14.2. The highest BCUT2D eigenvalue weighted by Crippen LogP contribution is 2.36. The molecule has 2 atom stereocenters. The smallest absolute Gasteiger partial charge is 0.0445 e. The molecule has 1 aromatic rings. The molecule has 1 aromatic carbocycles. The molecular weight excluding hydrogens is 266 g/mol. The fraction of sp³-hybridized carbons (Fsp3) is 0.571. The summed E-state index contributed by atoms with van der Waals surface area (Å²) in [6, 6.07) is 6.86. The molecule has 0 spiro atoms. The van der Waals surface area contributed by atoms with Crippen molar-refractivity contribution >= 4 is 23.4 Å². The summed E-state index contributed by atoms with van der Waals surface area (Å²) < 4.78 is 0. The summed E-state index contributed by atoms with van der Waals surface area (Å²) >= 11 is 8.03. The zero-order valence-corrected chi connectivity index (χ0v) is 12.2. The van der Waals surface area contributed by atoms with E-state index in [0.717, 1.165) is 17.9 Å². The van der Waals surface area contributed by atoms with Crippen LogP contribution in [0.3, 0.4) is 0 Å². The van der Waals surface area contributed by atoms with Crippen molar-refractivity contribution in [1.29, 1.82) is 0 Å². The number of benzene rings is 1. The second kappa shape index (κ2) is 6.80. The normalized spacial score (nSPS) is 21.2. The molecule has 0 fully saturated rings. The average molecular weight is 286 g/mol. The number of nitrogens with one attached hydrogen (secondary N) is 1. The van der Waals surface area contributed by atoms with Gasteiger partial charge in [0.1, 0.15) is 0 Å². The predicted molar refractivity (Wildman–Crippen MR) is 78.5 cm³/mol. The number of rotatable bonds is 4. The Morgan fingerprint density at radius 3 is 3.17 bits per heavy atom. The molecule has 2 rings (SSSR count). The zero-order valence-electron chi connectivity index (χ0n) is 10.7. The summed E-state index contributed by atoms with van der Waals surface area (Å²) in [4.78, 5) is 1.34. The number of halogens is 1. The Morgan fingerprint density at radius 1 is 1.56 bits per heavy atom. The number of aliphatic hydroxyl groups excluding tert-OH is 1. The van der Waals surface area contributed by atoms with Gasteiger partial charge >= 0.3 is 0 Å². The first-order valence-corrected chi connectivity index (χ1v) is 7.86. The van der Waals surface area contributed by atoms with Crippen LogP contribution in [0.15, 0.2) is 23.1 Å². The van der Waals surface area contributed by atoms with Crippen LogP contribution in [0.5, 0.6) is 0 Å². The van der Waals surface area contributed by atoms with Crippen LogP contribution in [0.25, 0.3) is 0 Å². The molecule has 1 aliphatic rings. The molecule has 0 radical (unpaired) electrons. The summed E-state index contributed by atoms with van der Waals surface area (Å²) in [6.45, 7) is 2.36. The van der Waals surface area contributed by atoms with Gasteiger partial charge in [-0.2, -0.15) is 0 Å². The highest BCUT2D eigenvalue weighted by Gasteiger charge is 2.20. The molecule has 1 heterocycles. The SMILES string of the molecule is C[C@H](CCO)NC1CCCSc2ccc(Cl)cc21. The Morgan fingerprint density at radius 2 is 2.39 bits per heavy atom. The van der Waals surface area contributed by atoms with E-state index in [1.807, 2.05) is 17.8 Å². The molecule has 0 amide bonds. The van der Waals surface area contributed by atoms with Crippen LogP contribution < -0.4 is 5.32 Å². The number of hydrogen-bond donors (Lipinski definition) is 2. The molecule has 1 unspecified atom stereocenters. The first-order chi connectivity index (χ1) is 8.70. The van der Waals surface area contributed by atoms with E-state index in [0.29, 0.717) is 12.1 Å². The fourth-order valence-corrected chi connectivity index (χ4v) is 3.59. The van der Waals surface area contributed by atoms with Crippen LogP contribution in [0, 0.1) is 0 Å². The van der Waals surface area contributed by atoms with Crippen molar-refractivity contribution in [2.24, 2.45) is 0 Å². The maximum absolute atomic E-state index is 9.00. The van der Waals surface area contributed by atoms with Crippen molar-refractivity contribution in [2.75, 3.05) is 12.4 Å². The van der Waals surface area contributed by atoms with Crippen LogP contribution in [0.4, 0.5) is 0 Å². The molecule has 4 heteroatoms. The van der Waals surface area contributed by atoms with E-state index in [2.05, 4.69) is 24.4 Å². The molecule has 0 aliphatic carbocycles. The Balaban J connectivity index is 2.18. The number of aliphatic hydroxyl groups is 1. The maximum Gasteiger partial charge on any atom is 0.0445 e. The van der Waals surface area contributed by atoms with Gasteiger partial charge in [0.2, 0.25) is 0 Å². The number of fused-ring (bicyclic) bond motifs is 1. The number of thioether (sulfide) groups is 1. The molecule has 1 aliphatic heterocycles. The first-order valence-electron chi connectivity index (χ1n) is 6.50. The minimum Gasteiger partial charge on any atom is -0.396 e. The van der Waals surface area contributed by atoms with E-state index in [-0.39, 0.29) is 6.61 Å². The average Bonchev–Trinajstić information content (AvgIpc) is 2.52. The van der Waals surface area contributed by atoms with E-state index in [1.54, 1.807) is 0 Å². The van der Waals surface area contributed by atoms with E-state index >= 15 is 0 Å². The summed E-state index contributed by atoms with van der Waals surface area (Å²) in [5.41, 5.74) is 1.31. The van der Waals surface area contributed by atoms with Crippen molar-refractivity contribution in [3.05, 3.63) is 28.8 Å². The Labute approximate surface area is 118 Å². The van der Waals surface area contributed by atoms with Crippen molar-refractivity contribution in [1.82, 2.24) is 5.32 Å². The zero-order chi connectivity index (χ0) is 13.0. The lowest BCUT2D eigenvalue weighted by Gasteiger charge is -2.23. The molecule has 2 N–H and O–H groups in total. The van der Waals surface area contributed by atoms with Gasteiger partial charge in [-0.3, -0.25) is 0 Å².